The van der Waals surface area contributed by atoms with Crippen molar-refractivity contribution >= 4 is 5.91 Å². The van der Waals surface area contributed by atoms with Crippen LogP contribution in [0.1, 0.15) is 45.5 Å². The summed E-state index contributed by atoms with van der Waals surface area (Å²) in [6.07, 6.45) is 5.73. The highest BCUT2D eigenvalue weighted by Crippen LogP contribution is 2.28. The van der Waals surface area contributed by atoms with E-state index in [-0.39, 0.29) is 17.5 Å². The van der Waals surface area contributed by atoms with Gasteiger partial charge in [-0.15, -0.1) is 0 Å². The molecule has 1 fully saturated rings. The number of amides is 1. The molecule has 0 bridgehead atoms. The Bertz CT molecular complexity index is 487. The van der Waals surface area contributed by atoms with Crippen LogP contribution in [-0.2, 0) is 16.6 Å². The van der Waals surface area contributed by atoms with Crippen molar-refractivity contribution in [3.05, 3.63) is 18.2 Å². The molecule has 124 valence electrons. The fourth-order valence-corrected chi connectivity index (χ4v) is 2.86. The number of nitrogens with zero attached hydrogens (tertiary/aromatic N) is 2. The third-order valence-electron chi connectivity index (χ3n) is 3.87. The van der Waals surface area contributed by atoms with Gasteiger partial charge in [-0.25, -0.2) is 4.98 Å². The van der Waals surface area contributed by atoms with E-state index in [0.717, 1.165) is 31.9 Å². The molecule has 2 heterocycles. The van der Waals surface area contributed by atoms with Crippen LogP contribution in [0.25, 0.3) is 0 Å². The first-order chi connectivity index (χ1) is 10.4. The van der Waals surface area contributed by atoms with Crippen molar-refractivity contribution in [2.45, 2.75) is 45.2 Å². The summed E-state index contributed by atoms with van der Waals surface area (Å²) in [5, 5.41) is 6.39. The van der Waals surface area contributed by atoms with Gasteiger partial charge in [0.2, 0.25) is 5.91 Å². The maximum absolute atomic E-state index is 12.1. The fourth-order valence-electron chi connectivity index (χ4n) is 2.86. The molecule has 0 aliphatic carbocycles. The Kier molecular flexibility index (Phi) is 5.58. The number of hydrogen-bond donors (Lipinski definition) is 2. The number of rotatable bonds is 5. The first-order valence-corrected chi connectivity index (χ1v) is 7.96. The van der Waals surface area contributed by atoms with Crippen LogP contribution in [0.4, 0.5) is 0 Å². The van der Waals surface area contributed by atoms with E-state index in [9.17, 15) is 4.79 Å². The maximum atomic E-state index is 12.1. The summed E-state index contributed by atoms with van der Waals surface area (Å²) < 4.78 is 7.48. The molecular weight excluding hydrogens is 280 g/mol. The van der Waals surface area contributed by atoms with E-state index in [1.54, 1.807) is 6.20 Å². The summed E-state index contributed by atoms with van der Waals surface area (Å²) in [6, 6.07) is 0.0784. The molecule has 0 saturated carbocycles. The van der Waals surface area contributed by atoms with Crippen LogP contribution in [0.3, 0.4) is 0 Å². The van der Waals surface area contributed by atoms with Gasteiger partial charge in [0.25, 0.3) is 0 Å². The molecule has 0 radical (unpaired) electrons. The van der Waals surface area contributed by atoms with Crippen LogP contribution < -0.4 is 10.6 Å². The lowest BCUT2D eigenvalue weighted by Gasteiger charge is -2.31. The van der Waals surface area contributed by atoms with Gasteiger partial charge in [-0.05, 0) is 39.5 Å². The Morgan fingerprint density at radius 3 is 2.68 bits per heavy atom. The van der Waals surface area contributed by atoms with Gasteiger partial charge >= 0.3 is 0 Å². The number of hydrogen-bond acceptors (Lipinski definition) is 4. The van der Waals surface area contributed by atoms with Crippen molar-refractivity contribution < 1.29 is 9.53 Å². The van der Waals surface area contributed by atoms with Crippen LogP contribution >= 0.6 is 0 Å². The number of aromatic nitrogens is 2. The smallest absolute Gasteiger partial charge is 0.234 e. The Labute approximate surface area is 132 Å². The molecule has 1 unspecified atom stereocenters. The Hall–Kier alpha value is -1.40. The van der Waals surface area contributed by atoms with Crippen LogP contribution in [-0.4, -0.2) is 40.8 Å². The topological polar surface area (TPSA) is 68.2 Å². The molecule has 1 aromatic heterocycles. The Morgan fingerprint density at radius 1 is 1.45 bits per heavy atom. The van der Waals surface area contributed by atoms with Gasteiger partial charge in [0.15, 0.2) is 0 Å². The van der Waals surface area contributed by atoms with Crippen LogP contribution in [0.15, 0.2) is 12.4 Å². The summed E-state index contributed by atoms with van der Waals surface area (Å²) in [5.41, 5.74) is -0.212. The van der Waals surface area contributed by atoms with Gasteiger partial charge in [-0.1, -0.05) is 0 Å². The second-order valence-corrected chi connectivity index (χ2v) is 7.00. The van der Waals surface area contributed by atoms with Gasteiger partial charge in [0.05, 0.1) is 12.6 Å². The largest absolute Gasteiger partial charge is 0.381 e. The second-order valence-electron chi connectivity index (χ2n) is 7.00. The standard InChI is InChI=1S/C16H28N4O2/c1-16(2,3)19-13(21)11-18-14(12-5-9-22-10-6-12)15-17-7-8-20(15)4/h7-8,12,14,18H,5-6,9-11H2,1-4H3,(H,19,21). The molecule has 1 aromatic rings. The van der Waals surface area contributed by atoms with Crippen LogP contribution in [0.2, 0.25) is 0 Å². The van der Waals surface area contributed by atoms with Gasteiger partial charge in [0, 0.05) is 38.2 Å². The third-order valence-corrected chi connectivity index (χ3v) is 3.87. The molecule has 0 aromatic carbocycles. The number of ether oxygens (including phenoxy) is 1. The minimum Gasteiger partial charge on any atom is -0.381 e. The molecule has 1 saturated heterocycles. The van der Waals surface area contributed by atoms with Crippen LogP contribution in [0, 0.1) is 5.92 Å². The quantitative estimate of drug-likeness (QED) is 0.862. The molecule has 2 N–H and O–H groups in total. The van der Waals surface area contributed by atoms with E-state index >= 15 is 0 Å². The zero-order valence-corrected chi connectivity index (χ0v) is 14.1. The normalized spacial score (nSPS) is 18.2. The molecule has 1 atom stereocenters. The average molecular weight is 308 g/mol. The van der Waals surface area contributed by atoms with Crippen molar-refractivity contribution in [3.63, 3.8) is 0 Å². The highest BCUT2D eigenvalue weighted by Gasteiger charge is 2.28. The number of aryl methyl sites for hydroxylation is 1. The fraction of sp³-hybridized carbons (Fsp3) is 0.750. The predicted molar refractivity (Wildman–Crippen MR) is 85.4 cm³/mol. The number of imidazole rings is 1. The van der Waals surface area contributed by atoms with E-state index in [1.165, 1.54) is 0 Å². The van der Waals surface area contributed by atoms with Crippen LogP contribution in [0.5, 0.6) is 0 Å². The molecule has 1 aliphatic rings. The van der Waals surface area contributed by atoms with Crippen molar-refractivity contribution in [1.29, 1.82) is 0 Å². The van der Waals surface area contributed by atoms with Gasteiger partial charge in [-0.2, -0.15) is 0 Å². The minimum atomic E-state index is -0.212. The molecule has 2 rings (SSSR count). The monoisotopic (exact) mass is 308 g/mol. The zero-order chi connectivity index (χ0) is 16.2. The zero-order valence-electron chi connectivity index (χ0n) is 14.1. The van der Waals surface area contributed by atoms with Gasteiger partial charge in [0.1, 0.15) is 5.82 Å². The molecule has 6 nitrogen and oxygen atoms in total. The third kappa shape index (κ3) is 4.81. The van der Waals surface area contributed by atoms with E-state index in [0.29, 0.717) is 12.5 Å². The molecule has 1 amide bonds. The van der Waals surface area contributed by atoms with Gasteiger partial charge in [-0.3, -0.25) is 10.1 Å². The summed E-state index contributed by atoms with van der Waals surface area (Å²) in [6.45, 7) is 7.81. The Morgan fingerprint density at radius 2 is 2.14 bits per heavy atom. The lowest BCUT2D eigenvalue weighted by molar-refractivity contribution is -0.121. The first-order valence-electron chi connectivity index (χ1n) is 7.96. The second kappa shape index (κ2) is 7.24. The van der Waals surface area contributed by atoms with Gasteiger partial charge < -0.3 is 14.6 Å². The lowest BCUT2D eigenvalue weighted by atomic mass is 9.91. The van der Waals surface area contributed by atoms with Crippen molar-refractivity contribution in [2.75, 3.05) is 19.8 Å². The average Bonchev–Trinajstić information content (AvgIpc) is 2.85. The predicted octanol–water partition coefficient (Wildman–Crippen LogP) is 1.39. The summed E-state index contributed by atoms with van der Waals surface area (Å²) in [5.74, 6) is 1.44. The van der Waals surface area contributed by atoms with Crippen molar-refractivity contribution in [1.82, 2.24) is 20.2 Å². The summed E-state index contributed by atoms with van der Waals surface area (Å²) in [4.78, 5) is 16.5. The van der Waals surface area contributed by atoms with E-state index < -0.39 is 0 Å². The maximum Gasteiger partial charge on any atom is 0.234 e. The number of carbonyl (C=O) groups excluding carboxylic acids is 1. The summed E-state index contributed by atoms with van der Waals surface area (Å²) in [7, 11) is 1.99. The SMILES string of the molecule is Cn1ccnc1C(NCC(=O)NC(C)(C)C)C1CCOCC1. The van der Waals surface area contributed by atoms with E-state index in [1.807, 2.05) is 38.6 Å². The Balaban J connectivity index is 2.02. The number of carbonyl (C=O) groups is 1. The molecular formula is C16H28N4O2. The van der Waals surface area contributed by atoms with Crippen molar-refractivity contribution in [3.8, 4) is 0 Å². The number of nitrogens with one attached hydrogen (secondary N) is 2. The van der Waals surface area contributed by atoms with Crippen molar-refractivity contribution in [2.24, 2.45) is 13.0 Å². The highest BCUT2D eigenvalue weighted by molar-refractivity contribution is 5.78. The minimum absolute atomic E-state index is 0.0127. The molecule has 0 spiro atoms. The summed E-state index contributed by atoms with van der Waals surface area (Å²) >= 11 is 0. The van der Waals surface area contributed by atoms with E-state index in [2.05, 4.69) is 15.6 Å². The van der Waals surface area contributed by atoms with E-state index in [4.69, 9.17) is 4.74 Å². The highest BCUT2D eigenvalue weighted by atomic mass is 16.5. The lowest BCUT2D eigenvalue weighted by Crippen LogP contribution is -2.46. The molecule has 6 heteroatoms. The molecule has 1 aliphatic heterocycles. The first kappa shape index (κ1) is 17.0. The molecule has 22 heavy (non-hydrogen) atoms.